The number of amides is 2. The number of carbonyl (C=O) groups excluding carboxylic acids is 2. The summed E-state index contributed by atoms with van der Waals surface area (Å²) in [6, 6.07) is 9.09. The van der Waals surface area contributed by atoms with Gasteiger partial charge in [-0.1, -0.05) is 18.2 Å². The summed E-state index contributed by atoms with van der Waals surface area (Å²) in [5.74, 6) is 0.115. The molecular formula is C15H17N3O3S. The van der Waals surface area contributed by atoms with Gasteiger partial charge in [-0.05, 0) is 19.1 Å². The molecule has 0 fully saturated rings. The third kappa shape index (κ3) is 4.85. The lowest BCUT2D eigenvalue weighted by Gasteiger charge is -2.20. The van der Waals surface area contributed by atoms with E-state index in [1.165, 1.54) is 16.2 Å². The zero-order valence-corrected chi connectivity index (χ0v) is 13.0. The number of hydrogen-bond acceptors (Lipinski definition) is 5. The summed E-state index contributed by atoms with van der Waals surface area (Å²) in [6.07, 6.45) is 1.61. The normalized spacial score (nSPS) is 10.0. The molecule has 2 aromatic rings. The number of rotatable bonds is 7. The van der Waals surface area contributed by atoms with E-state index >= 15 is 0 Å². The van der Waals surface area contributed by atoms with Gasteiger partial charge < -0.3 is 15.0 Å². The number of likely N-dealkylation sites (N-methyl/N-ethyl adjacent to an activating group) is 1. The first kappa shape index (κ1) is 16.0. The molecule has 0 spiro atoms. The molecule has 116 valence electrons. The molecule has 0 radical (unpaired) electrons. The van der Waals surface area contributed by atoms with E-state index in [9.17, 15) is 9.59 Å². The number of hydrogen-bond donors (Lipinski definition) is 1. The quantitative estimate of drug-likeness (QED) is 0.847. The molecule has 0 aliphatic carbocycles. The average molecular weight is 319 g/mol. The maximum atomic E-state index is 12.1. The third-order valence-electron chi connectivity index (χ3n) is 2.85. The molecule has 7 heteroatoms. The molecule has 1 aromatic carbocycles. The lowest BCUT2D eigenvalue weighted by Crippen LogP contribution is -2.40. The lowest BCUT2D eigenvalue weighted by atomic mass is 10.3. The van der Waals surface area contributed by atoms with Crippen molar-refractivity contribution in [3.8, 4) is 5.75 Å². The van der Waals surface area contributed by atoms with E-state index in [0.29, 0.717) is 17.4 Å². The SMILES string of the molecule is CCN(CC(=O)Nc1nccs1)C(=O)COc1ccccc1. The van der Waals surface area contributed by atoms with E-state index in [1.54, 1.807) is 23.7 Å². The second-order valence-electron chi connectivity index (χ2n) is 4.40. The highest BCUT2D eigenvalue weighted by Gasteiger charge is 2.16. The summed E-state index contributed by atoms with van der Waals surface area (Å²) in [5.41, 5.74) is 0. The van der Waals surface area contributed by atoms with Crippen LogP contribution >= 0.6 is 11.3 Å². The van der Waals surface area contributed by atoms with Gasteiger partial charge in [-0.3, -0.25) is 9.59 Å². The van der Waals surface area contributed by atoms with Gasteiger partial charge in [-0.2, -0.15) is 0 Å². The largest absolute Gasteiger partial charge is 0.484 e. The molecule has 0 atom stereocenters. The molecule has 1 N–H and O–H groups in total. The van der Waals surface area contributed by atoms with Crippen LogP contribution in [0.5, 0.6) is 5.75 Å². The van der Waals surface area contributed by atoms with Gasteiger partial charge in [0.1, 0.15) is 12.3 Å². The van der Waals surface area contributed by atoms with Crippen molar-refractivity contribution in [2.45, 2.75) is 6.92 Å². The van der Waals surface area contributed by atoms with E-state index < -0.39 is 0 Å². The topological polar surface area (TPSA) is 71.5 Å². The molecule has 22 heavy (non-hydrogen) atoms. The summed E-state index contributed by atoms with van der Waals surface area (Å²) in [4.78, 5) is 29.4. The number of benzene rings is 1. The summed E-state index contributed by atoms with van der Waals surface area (Å²) in [7, 11) is 0. The van der Waals surface area contributed by atoms with Crippen molar-refractivity contribution in [3.05, 3.63) is 41.9 Å². The van der Waals surface area contributed by atoms with Crippen molar-refractivity contribution in [1.82, 2.24) is 9.88 Å². The molecule has 0 saturated heterocycles. The van der Waals surface area contributed by atoms with Crippen LogP contribution in [0.2, 0.25) is 0 Å². The number of para-hydroxylation sites is 1. The van der Waals surface area contributed by atoms with Gasteiger partial charge in [0.15, 0.2) is 11.7 Å². The molecule has 0 unspecified atom stereocenters. The maximum Gasteiger partial charge on any atom is 0.260 e. The Morgan fingerprint density at radius 3 is 2.73 bits per heavy atom. The second-order valence-corrected chi connectivity index (χ2v) is 5.29. The average Bonchev–Trinajstić information content (AvgIpc) is 3.04. The minimum Gasteiger partial charge on any atom is -0.484 e. The number of nitrogens with one attached hydrogen (secondary N) is 1. The molecule has 0 saturated carbocycles. The molecule has 1 aromatic heterocycles. The van der Waals surface area contributed by atoms with E-state index in [2.05, 4.69) is 10.3 Å². The van der Waals surface area contributed by atoms with Crippen molar-refractivity contribution < 1.29 is 14.3 Å². The fraction of sp³-hybridized carbons (Fsp3) is 0.267. The first-order chi connectivity index (χ1) is 10.7. The number of ether oxygens (including phenoxy) is 1. The molecule has 2 amide bonds. The zero-order valence-electron chi connectivity index (χ0n) is 12.2. The Balaban J connectivity index is 1.82. The van der Waals surface area contributed by atoms with Crippen LogP contribution in [0.15, 0.2) is 41.9 Å². The zero-order chi connectivity index (χ0) is 15.8. The predicted octanol–water partition coefficient (Wildman–Crippen LogP) is 2.01. The Morgan fingerprint density at radius 1 is 1.32 bits per heavy atom. The Labute approximate surface area is 132 Å². The van der Waals surface area contributed by atoms with E-state index in [0.717, 1.165) is 0 Å². The Bertz CT molecular complexity index is 602. The third-order valence-corrected chi connectivity index (χ3v) is 3.54. The summed E-state index contributed by atoms with van der Waals surface area (Å²) in [5, 5.41) is 4.94. The molecular weight excluding hydrogens is 302 g/mol. The molecule has 1 heterocycles. The van der Waals surface area contributed by atoms with Gasteiger partial charge >= 0.3 is 0 Å². The predicted molar refractivity (Wildman–Crippen MR) is 84.9 cm³/mol. The van der Waals surface area contributed by atoms with Crippen molar-refractivity contribution in [1.29, 1.82) is 0 Å². The Morgan fingerprint density at radius 2 is 2.09 bits per heavy atom. The minimum absolute atomic E-state index is 0.0208. The summed E-state index contributed by atoms with van der Waals surface area (Å²) < 4.78 is 5.40. The number of thiazole rings is 1. The van der Waals surface area contributed by atoms with Crippen LogP contribution in [-0.2, 0) is 9.59 Å². The molecule has 2 rings (SSSR count). The standard InChI is InChI=1S/C15H17N3O3S/c1-2-18(10-13(19)17-15-16-8-9-22-15)14(20)11-21-12-6-4-3-5-7-12/h3-9H,2,10-11H2,1H3,(H,16,17,19). The first-order valence-electron chi connectivity index (χ1n) is 6.84. The van der Waals surface area contributed by atoms with Crippen LogP contribution in [-0.4, -0.2) is 41.4 Å². The fourth-order valence-electron chi connectivity index (χ4n) is 1.75. The van der Waals surface area contributed by atoms with Gasteiger partial charge in [0.2, 0.25) is 5.91 Å². The molecule has 0 aliphatic rings. The van der Waals surface area contributed by atoms with Gasteiger partial charge in [0.25, 0.3) is 5.91 Å². The highest BCUT2D eigenvalue weighted by atomic mass is 32.1. The smallest absolute Gasteiger partial charge is 0.260 e. The maximum absolute atomic E-state index is 12.1. The van der Waals surface area contributed by atoms with Gasteiger partial charge in [0, 0.05) is 18.1 Å². The number of carbonyl (C=O) groups is 2. The van der Waals surface area contributed by atoms with Gasteiger partial charge in [0.05, 0.1) is 0 Å². The highest BCUT2D eigenvalue weighted by molar-refractivity contribution is 7.13. The van der Waals surface area contributed by atoms with Crippen LogP contribution in [0.25, 0.3) is 0 Å². The van der Waals surface area contributed by atoms with Crippen molar-refractivity contribution >= 4 is 28.3 Å². The second kappa shape index (κ2) is 8.14. The molecule has 0 aliphatic heterocycles. The lowest BCUT2D eigenvalue weighted by molar-refractivity contribution is -0.136. The van der Waals surface area contributed by atoms with Crippen LogP contribution in [0.4, 0.5) is 5.13 Å². The van der Waals surface area contributed by atoms with Gasteiger partial charge in [-0.15, -0.1) is 11.3 Å². The first-order valence-corrected chi connectivity index (χ1v) is 7.72. The van der Waals surface area contributed by atoms with Gasteiger partial charge in [-0.25, -0.2) is 4.98 Å². The van der Waals surface area contributed by atoms with Crippen LogP contribution in [0.1, 0.15) is 6.92 Å². The van der Waals surface area contributed by atoms with Crippen molar-refractivity contribution in [2.24, 2.45) is 0 Å². The van der Waals surface area contributed by atoms with Crippen LogP contribution in [0, 0.1) is 0 Å². The van der Waals surface area contributed by atoms with E-state index in [1.807, 2.05) is 25.1 Å². The van der Waals surface area contributed by atoms with Crippen LogP contribution < -0.4 is 10.1 Å². The Kier molecular flexibility index (Phi) is 5.91. The number of anilines is 1. The summed E-state index contributed by atoms with van der Waals surface area (Å²) in [6.45, 7) is 2.13. The number of nitrogens with zero attached hydrogens (tertiary/aromatic N) is 2. The van der Waals surface area contributed by atoms with E-state index in [-0.39, 0.29) is 25.0 Å². The summed E-state index contributed by atoms with van der Waals surface area (Å²) >= 11 is 1.33. The van der Waals surface area contributed by atoms with Crippen LogP contribution in [0.3, 0.4) is 0 Å². The Hall–Kier alpha value is -2.41. The minimum atomic E-state index is -0.273. The van der Waals surface area contributed by atoms with E-state index in [4.69, 9.17) is 4.74 Å². The highest BCUT2D eigenvalue weighted by Crippen LogP contribution is 2.10. The monoisotopic (exact) mass is 319 g/mol. The fourth-order valence-corrected chi connectivity index (χ4v) is 2.29. The van der Waals surface area contributed by atoms with Crippen molar-refractivity contribution in [2.75, 3.05) is 25.0 Å². The molecule has 6 nitrogen and oxygen atoms in total. The number of aromatic nitrogens is 1. The van der Waals surface area contributed by atoms with Crippen molar-refractivity contribution in [3.63, 3.8) is 0 Å². The molecule has 0 bridgehead atoms.